The van der Waals surface area contributed by atoms with Crippen LogP contribution in [0.3, 0.4) is 0 Å². The molecule has 1 aromatic carbocycles. The number of hydrogen-bond donors (Lipinski definition) is 0. The monoisotopic (exact) mass is 287 g/mol. The van der Waals surface area contributed by atoms with Crippen molar-refractivity contribution < 1.29 is 9.18 Å². The van der Waals surface area contributed by atoms with Crippen molar-refractivity contribution >= 4 is 21.8 Å². The summed E-state index contributed by atoms with van der Waals surface area (Å²) < 4.78 is 13.2. The van der Waals surface area contributed by atoms with Crippen LogP contribution in [-0.4, -0.2) is 29.2 Å². The number of rotatable bonds is 3. The lowest BCUT2D eigenvalue weighted by Gasteiger charge is -2.23. The highest BCUT2D eigenvalue weighted by Crippen LogP contribution is 2.12. The van der Waals surface area contributed by atoms with Crippen LogP contribution in [0.4, 0.5) is 4.39 Å². The third-order valence-electron chi connectivity index (χ3n) is 2.49. The van der Waals surface area contributed by atoms with Crippen LogP contribution in [0.1, 0.15) is 22.8 Å². The zero-order valence-corrected chi connectivity index (χ0v) is 11.2. The van der Waals surface area contributed by atoms with Gasteiger partial charge in [0, 0.05) is 24.0 Å². The van der Waals surface area contributed by atoms with E-state index in [0.717, 1.165) is 5.56 Å². The Morgan fingerprint density at radius 2 is 2.12 bits per heavy atom. The van der Waals surface area contributed by atoms with Gasteiger partial charge in [0.2, 0.25) is 0 Å². The number of alkyl halides is 1. The van der Waals surface area contributed by atoms with Gasteiger partial charge in [-0.25, -0.2) is 4.39 Å². The topological polar surface area (TPSA) is 20.3 Å². The number of hydrogen-bond acceptors (Lipinski definition) is 1. The molecule has 0 aromatic heterocycles. The van der Waals surface area contributed by atoms with E-state index >= 15 is 0 Å². The van der Waals surface area contributed by atoms with Crippen LogP contribution >= 0.6 is 15.9 Å². The fourth-order valence-electron chi connectivity index (χ4n) is 1.37. The molecule has 4 heteroatoms. The second kappa shape index (κ2) is 5.43. The van der Waals surface area contributed by atoms with E-state index in [1.165, 1.54) is 12.1 Å². The third-order valence-corrected chi connectivity index (χ3v) is 3.43. The van der Waals surface area contributed by atoms with Gasteiger partial charge in [0.1, 0.15) is 5.82 Å². The van der Waals surface area contributed by atoms with E-state index in [-0.39, 0.29) is 17.8 Å². The third kappa shape index (κ3) is 3.04. The molecule has 0 bridgehead atoms. The van der Waals surface area contributed by atoms with Crippen LogP contribution in [0.5, 0.6) is 0 Å². The normalized spacial score (nSPS) is 12.3. The molecule has 0 aliphatic heterocycles. The molecule has 0 saturated heterocycles. The summed E-state index contributed by atoms with van der Waals surface area (Å²) in [4.78, 5) is 13.6. The molecule has 1 atom stereocenters. The summed E-state index contributed by atoms with van der Waals surface area (Å²) in [7, 11) is 1.72. The molecule has 0 spiro atoms. The summed E-state index contributed by atoms with van der Waals surface area (Å²) in [6.07, 6.45) is 0. The predicted octanol–water partition coefficient (Wildman–Crippen LogP) is 2.99. The Kier molecular flexibility index (Phi) is 4.47. The predicted molar refractivity (Wildman–Crippen MR) is 66.5 cm³/mol. The minimum atomic E-state index is -0.372. The maximum Gasteiger partial charge on any atom is 0.253 e. The van der Waals surface area contributed by atoms with Gasteiger partial charge in [0.25, 0.3) is 5.91 Å². The van der Waals surface area contributed by atoms with Crippen molar-refractivity contribution in [3.8, 4) is 0 Å². The van der Waals surface area contributed by atoms with Gasteiger partial charge in [0.05, 0.1) is 0 Å². The van der Waals surface area contributed by atoms with E-state index in [1.54, 1.807) is 24.9 Å². The van der Waals surface area contributed by atoms with E-state index in [2.05, 4.69) is 15.9 Å². The molecule has 0 aliphatic carbocycles. The fourth-order valence-corrected chi connectivity index (χ4v) is 1.80. The number of nitrogens with zero attached hydrogens (tertiary/aromatic N) is 1. The van der Waals surface area contributed by atoms with Crippen molar-refractivity contribution in [3.63, 3.8) is 0 Å². The summed E-state index contributed by atoms with van der Waals surface area (Å²) in [5, 5.41) is 0.698. The summed E-state index contributed by atoms with van der Waals surface area (Å²) >= 11 is 3.32. The van der Waals surface area contributed by atoms with Crippen LogP contribution in [-0.2, 0) is 0 Å². The molecule has 16 heavy (non-hydrogen) atoms. The van der Waals surface area contributed by atoms with E-state index in [4.69, 9.17) is 0 Å². The number of aryl methyl sites for hydroxylation is 1. The molecule has 0 aliphatic rings. The molecule has 1 rings (SSSR count). The summed E-state index contributed by atoms with van der Waals surface area (Å²) in [5.74, 6) is -0.530. The van der Waals surface area contributed by atoms with E-state index < -0.39 is 0 Å². The second-order valence-electron chi connectivity index (χ2n) is 3.94. The van der Waals surface area contributed by atoms with Crippen molar-refractivity contribution in [2.45, 2.75) is 19.9 Å². The minimum Gasteiger partial charge on any atom is -0.338 e. The number of carbonyl (C=O) groups excluding carboxylic acids is 1. The van der Waals surface area contributed by atoms with E-state index in [9.17, 15) is 9.18 Å². The van der Waals surface area contributed by atoms with Crippen LogP contribution in [0, 0.1) is 12.7 Å². The summed E-state index contributed by atoms with van der Waals surface area (Å²) in [6, 6.07) is 4.46. The molecule has 1 aromatic rings. The SMILES string of the molecule is Cc1cc(F)cc(C(=O)N(C)C(C)CBr)c1. The van der Waals surface area contributed by atoms with Crippen molar-refractivity contribution in [2.24, 2.45) is 0 Å². The van der Waals surface area contributed by atoms with E-state index in [1.807, 2.05) is 6.92 Å². The van der Waals surface area contributed by atoms with Gasteiger partial charge in [0.15, 0.2) is 0 Å². The molecule has 1 amide bonds. The van der Waals surface area contributed by atoms with Gasteiger partial charge in [-0.2, -0.15) is 0 Å². The Bertz CT molecular complexity index is 374. The Hall–Kier alpha value is -0.900. The van der Waals surface area contributed by atoms with Crippen molar-refractivity contribution in [1.29, 1.82) is 0 Å². The molecule has 0 N–H and O–H groups in total. The van der Waals surface area contributed by atoms with Crippen LogP contribution in [0.25, 0.3) is 0 Å². The largest absolute Gasteiger partial charge is 0.338 e. The second-order valence-corrected chi connectivity index (χ2v) is 4.58. The summed E-state index contributed by atoms with van der Waals surface area (Å²) in [6.45, 7) is 3.70. The van der Waals surface area contributed by atoms with Crippen LogP contribution in [0.15, 0.2) is 18.2 Å². The molecule has 0 fully saturated rings. The maximum absolute atomic E-state index is 13.2. The van der Waals surface area contributed by atoms with Gasteiger partial charge < -0.3 is 4.90 Å². The van der Waals surface area contributed by atoms with Gasteiger partial charge in [-0.05, 0) is 37.6 Å². The Morgan fingerprint density at radius 1 is 1.50 bits per heavy atom. The highest BCUT2D eigenvalue weighted by atomic mass is 79.9. The zero-order valence-electron chi connectivity index (χ0n) is 9.63. The fraction of sp³-hybridized carbons (Fsp3) is 0.417. The molecule has 0 heterocycles. The standard InChI is InChI=1S/C12H15BrFNO/c1-8-4-10(6-11(14)5-8)12(16)15(3)9(2)7-13/h4-6,9H,7H2,1-3H3. The Balaban J connectivity index is 2.96. The number of benzene rings is 1. The first kappa shape index (κ1) is 13.2. The van der Waals surface area contributed by atoms with Crippen LogP contribution in [0.2, 0.25) is 0 Å². The van der Waals surface area contributed by atoms with Crippen molar-refractivity contribution in [1.82, 2.24) is 4.90 Å². The van der Waals surface area contributed by atoms with Gasteiger partial charge in [-0.15, -0.1) is 0 Å². The van der Waals surface area contributed by atoms with Gasteiger partial charge in [-0.3, -0.25) is 4.79 Å². The number of carbonyl (C=O) groups is 1. The van der Waals surface area contributed by atoms with E-state index in [0.29, 0.717) is 10.9 Å². The zero-order chi connectivity index (χ0) is 12.3. The lowest BCUT2D eigenvalue weighted by atomic mass is 10.1. The molecular formula is C12H15BrFNO. The highest BCUT2D eigenvalue weighted by Gasteiger charge is 2.17. The number of amides is 1. The molecule has 2 nitrogen and oxygen atoms in total. The number of halogens is 2. The van der Waals surface area contributed by atoms with Crippen molar-refractivity contribution in [3.05, 3.63) is 35.1 Å². The first-order valence-corrected chi connectivity index (χ1v) is 6.18. The van der Waals surface area contributed by atoms with Crippen molar-refractivity contribution in [2.75, 3.05) is 12.4 Å². The average Bonchev–Trinajstić information content (AvgIpc) is 2.24. The quantitative estimate of drug-likeness (QED) is 0.783. The molecule has 0 saturated carbocycles. The lowest BCUT2D eigenvalue weighted by molar-refractivity contribution is 0.0757. The first-order chi connectivity index (χ1) is 7.45. The molecule has 88 valence electrons. The summed E-state index contributed by atoms with van der Waals surface area (Å²) in [5.41, 5.74) is 1.15. The molecule has 1 unspecified atom stereocenters. The molecule has 0 radical (unpaired) electrons. The smallest absolute Gasteiger partial charge is 0.253 e. The minimum absolute atomic E-state index is 0.0797. The molecular weight excluding hydrogens is 273 g/mol. The lowest BCUT2D eigenvalue weighted by Crippen LogP contribution is -2.36. The van der Waals surface area contributed by atoms with Gasteiger partial charge in [-0.1, -0.05) is 15.9 Å². The first-order valence-electron chi connectivity index (χ1n) is 5.06. The average molecular weight is 288 g/mol. The van der Waals surface area contributed by atoms with Gasteiger partial charge >= 0.3 is 0 Å². The highest BCUT2D eigenvalue weighted by molar-refractivity contribution is 9.09. The Labute approximate surface area is 104 Å². The maximum atomic E-state index is 13.2. The Morgan fingerprint density at radius 3 is 2.62 bits per heavy atom. The van der Waals surface area contributed by atoms with Crippen LogP contribution < -0.4 is 0 Å².